The molecule has 1 heterocycles. The van der Waals surface area contributed by atoms with Gasteiger partial charge in [-0.1, -0.05) is 36.7 Å². The molecule has 124 valence electrons. The molecule has 0 fully saturated rings. The lowest BCUT2D eigenvalue weighted by Crippen LogP contribution is -2.08. The number of nitrogens with zero attached hydrogens (tertiary/aromatic N) is 2. The lowest BCUT2D eigenvalue weighted by Gasteiger charge is -2.05. The monoisotopic (exact) mass is 355 g/mol. The van der Waals surface area contributed by atoms with E-state index in [1.165, 1.54) is 11.8 Å². The first kappa shape index (κ1) is 17.6. The van der Waals surface area contributed by atoms with Crippen molar-refractivity contribution in [3.63, 3.8) is 0 Å². The summed E-state index contributed by atoms with van der Waals surface area (Å²) in [6.45, 7) is 2.50. The van der Waals surface area contributed by atoms with Crippen molar-refractivity contribution in [2.45, 2.75) is 24.9 Å². The fraction of sp³-hybridized carbons (Fsp3) is 0.400. The zero-order valence-corrected chi connectivity index (χ0v) is 14.5. The Morgan fingerprint density at radius 3 is 3.00 bits per heavy atom. The number of esters is 1. The maximum atomic E-state index is 11.6. The minimum Gasteiger partial charge on any atom is -0.496 e. The number of rotatable bonds is 8. The molecule has 23 heavy (non-hydrogen) atoms. The number of aromatic nitrogens is 3. The molecule has 6 nitrogen and oxygen atoms in total. The number of halogens is 1. The Balaban J connectivity index is 1.98. The molecule has 0 saturated carbocycles. The number of nitrogens with one attached hydrogen (secondary N) is 1. The van der Waals surface area contributed by atoms with Crippen LogP contribution < -0.4 is 4.74 Å². The van der Waals surface area contributed by atoms with Crippen molar-refractivity contribution in [1.82, 2.24) is 15.2 Å². The third kappa shape index (κ3) is 5.14. The number of aromatic amines is 1. The van der Waals surface area contributed by atoms with E-state index in [2.05, 4.69) is 15.2 Å². The number of carbonyl (C=O) groups excluding carboxylic acids is 1. The van der Waals surface area contributed by atoms with Crippen molar-refractivity contribution in [2.75, 3.05) is 19.5 Å². The number of benzene rings is 1. The van der Waals surface area contributed by atoms with Gasteiger partial charge in [-0.2, -0.15) is 0 Å². The normalized spacial score (nSPS) is 10.6. The van der Waals surface area contributed by atoms with Crippen LogP contribution in [0.25, 0.3) is 11.4 Å². The summed E-state index contributed by atoms with van der Waals surface area (Å²) in [4.78, 5) is 15.9. The molecule has 0 aliphatic rings. The molecule has 2 aromatic rings. The zero-order chi connectivity index (χ0) is 16.7. The van der Waals surface area contributed by atoms with Crippen LogP contribution in [0.3, 0.4) is 0 Å². The van der Waals surface area contributed by atoms with Crippen LogP contribution in [-0.2, 0) is 9.53 Å². The van der Waals surface area contributed by atoms with Gasteiger partial charge in [0, 0.05) is 5.02 Å². The standard InChI is InChI=1S/C15H18ClN3O3S/c1-3-4-7-22-13(20)9-23-15-17-14(18-19-15)11-8-10(16)5-6-12(11)21-2/h5-6,8H,3-4,7,9H2,1-2H3,(H,17,18,19). The molecule has 0 spiro atoms. The highest BCUT2D eigenvalue weighted by Gasteiger charge is 2.13. The first-order valence-corrected chi connectivity index (χ1v) is 8.55. The summed E-state index contributed by atoms with van der Waals surface area (Å²) < 4.78 is 10.4. The van der Waals surface area contributed by atoms with E-state index in [4.69, 9.17) is 21.1 Å². The third-order valence-electron chi connectivity index (χ3n) is 2.96. The molecule has 0 saturated heterocycles. The topological polar surface area (TPSA) is 77.1 Å². The van der Waals surface area contributed by atoms with Crippen LogP contribution in [0.1, 0.15) is 19.8 Å². The fourth-order valence-electron chi connectivity index (χ4n) is 1.79. The van der Waals surface area contributed by atoms with E-state index in [9.17, 15) is 4.79 Å². The molecule has 0 amide bonds. The van der Waals surface area contributed by atoms with Gasteiger partial charge in [-0.3, -0.25) is 9.89 Å². The molecule has 1 aromatic heterocycles. The maximum Gasteiger partial charge on any atom is 0.316 e. The van der Waals surface area contributed by atoms with Gasteiger partial charge in [-0.25, -0.2) is 4.98 Å². The third-order valence-corrected chi connectivity index (χ3v) is 4.02. The molecule has 0 radical (unpaired) electrons. The summed E-state index contributed by atoms with van der Waals surface area (Å²) in [5.74, 6) is 1.08. The average Bonchev–Trinajstić information content (AvgIpc) is 3.02. The van der Waals surface area contributed by atoms with Crippen molar-refractivity contribution < 1.29 is 14.3 Å². The van der Waals surface area contributed by atoms with Gasteiger partial charge in [-0.15, -0.1) is 5.10 Å². The highest BCUT2D eigenvalue weighted by molar-refractivity contribution is 7.99. The van der Waals surface area contributed by atoms with Crippen molar-refractivity contribution in [2.24, 2.45) is 0 Å². The number of thioether (sulfide) groups is 1. The predicted octanol–water partition coefficient (Wildman–Crippen LogP) is 3.57. The largest absolute Gasteiger partial charge is 0.496 e. The number of hydrogen-bond donors (Lipinski definition) is 1. The predicted molar refractivity (Wildman–Crippen MR) is 90.0 cm³/mol. The van der Waals surface area contributed by atoms with Crippen LogP contribution in [0.4, 0.5) is 0 Å². The number of unbranched alkanes of at least 4 members (excludes halogenated alkanes) is 1. The molecule has 8 heteroatoms. The number of ether oxygens (including phenoxy) is 2. The van der Waals surface area contributed by atoms with Crippen LogP contribution in [0.5, 0.6) is 5.75 Å². The van der Waals surface area contributed by atoms with Crippen molar-refractivity contribution in [3.8, 4) is 17.1 Å². The van der Waals surface area contributed by atoms with Gasteiger partial charge in [0.15, 0.2) is 5.82 Å². The Morgan fingerprint density at radius 2 is 2.26 bits per heavy atom. The number of hydrogen-bond acceptors (Lipinski definition) is 6. The number of carbonyl (C=O) groups is 1. The van der Waals surface area contributed by atoms with Crippen molar-refractivity contribution in [3.05, 3.63) is 23.2 Å². The van der Waals surface area contributed by atoms with Crippen LogP contribution in [-0.4, -0.2) is 40.6 Å². The van der Waals surface area contributed by atoms with Gasteiger partial charge in [0.05, 0.1) is 25.0 Å². The van der Waals surface area contributed by atoms with E-state index in [1.807, 2.05) is 6.92 Å². The first-order valence-electron chi connectivity index (χ1n) is 7.18. The second kappa shape index (κ2) is 8.79. The Kier molecular flexibility index (Phi) is 6.73. The smallest absolute Gasteiger partial charge is 0.316 e. The highest BCUT2D eigenvalue weighted by atomic mass is 35.5. The Labute approximate surface area is 143 Å². The summed E-state index contributed by atoms with van der Waals surface area (Å²) in [5.41, 5.74) is 0.713. The summed E-state index contributed by atoms with van der Waals surface area (Å²) >= 11 is 7.23. The molecule has 0 atom stereocenters. The molecular formula is C15H18ClN3O3S. The second-order valence-corrected chi connectivity index (χ2v) is 6.05. The molecule has 0 bridgehead atoms. The lowest BCUT2D eigenvalue weighted by molar-refractivity contribution is -0.140. The fourth-order valence-corrected chi connectivity index (χ4v) is 2.56. The van der Waals surface area contributed by atoms with Gasteiger partial charge < -0.3 is 9.47 Å². The van der Waals surface area contributed by atoms with E-state index in [0.717, 1.165) is 12.8 Å². The molecule has 0 unspecified atom stereocenters. The molecule has 1 N–H and O–H groups in total. The second-order valence-electron chi connectivity index (χ2n) is 4.67. The summed E-state index contributed by atoms with van der Waals surface area (Å²) in [6.07, 6.45) is 1.86. The molecule has 0 aliphatic carbocycles. The minimum absolute atomic E-state index is 0.174. The first-order chi connectivity index (χ1) is 11.1. The molecule has 1 aromatic carbocycles. The van der Waals surface area contributed by atoms with Gasteiger partial charge in [-0.05, 0) is 24.6 Å². The van der Waals surface area contributed by atoms with Crippen LogP contribution in [0.15, 0.2) is 23.4 Å². The number of methoxy groups -OCH3 is 1. The summed E-state index contributed by atoms with van der Waals surface area (Å²) in [6, 6.07) is 5.24. The van der Waals surface area contributed by atoms with Gasteiger partial charge in [0.1, 0.15) is 5.75 Å². The molecular weight excluding hydrogens is 338 g/mol. The minimum atomic E-state index is -0.268. The summed E-state index contributed by atoms with van der Waals surface area (Å²) in [5, 5.41) is 7.96. The average molecular weight is 356 g/mol. The zero-order valence-electron chi connectivity index (χ0n) is 13.0. The van der Waals surface area contributed by atoms with Crippen molar-refractivity contribution in [1.29, 1.82) is 0 Å². The Morgan fingerprint density at radius 1 is 1.43 bits per heavy atom. The Bertz CT molecular complexity index is 663. The van der Waals surface area contributed by atoms with Crippen LogP contribution >= 0.6 is 23.4 Å². The van der Waals surface area contributed by atoms with Crippen LogP contribution in [0.2, 0.25) is 5.02 Å². The molecule has 2 rings (SSSR count). The van der Waals surface area contributed by atoms with Crippen molar-refractivity contribution >= 4 is 29.3 Å². The highest BCUT2D eigenvalue weighted by Crippen LogP contribution is 2.31. The Hall–Kier alpha value is -1.73. The molecule has 0 aliphatic heterocycles. The SMILES string of the molecule is CCCCOC(=O)CSc1n[nH]c(-c2cc(Cl)ccc2OC)n1. The van der Waals surface area contributed by atoms with Gasteiger partial charge >= 0.3 is 5.97 Å². The quantitative estimate of drug-likeness (QED) is 0.443. The van der Waals surface area contributed by atoms with E-state index in [-0.39, 0.29) is 11.7 Å². The summed E-state index contributed by atoms with van der Waals surface area (Å²) in [7, 11) is 1.57. The number of H-pyrrole nitrogens is 1. The van der Waals surface area contributed by atoms with E-state index >= 15 is 0 Å². The van der Waals surface area contributed by atoms with Gasteiger partial charge in [0.25, 0.3) is 0 Å². The maximum absolute atomic E-state index is 11.6. The van der Waals surface area contributed by atoms with E-state index < -0.39 is 0 Å². The van der Waals surface area contributed by atoms with Crippen LogP contribution in [0, 0.1) is 0 Å². The van der Waals surface area contributed by atoms with E-state index in [1.54, 1.807) is 25.3 Å². The lowest BCUT2D eigenvalue weighted by atomic mass is 10.2. The van der Waals surface area contributed by atoms with Gasteiger partial charge in [0.2, 0.25) is 5.16 Å². The van der Waals surface area contributed by atoms with E-state index in [0.29, 0.717) is 33.9 Å².